The Kier molecular flexibility index (Phi) is 3.93. The van der Waals surface area contributed by atoms with E-state index < -0.39 is 0 Å². The molecule has 4 heteroatoms. The Morgan fingerprint density at radius 1 is 1.40 bits per heavy atom. The number of nitrogens with zero attached hydrogens (tertiary/aromatic N) is 1. The maximum Gasteiger partial charge on any atom is 0.123 e. The largest absolute Gasteiger partial charge is 0.303 e. The first-order valence-corrected chi connectivity index (χ1v) is 6.33. The lowest BCUT2D eigenvalue weighted by atomic mass is 10.2. The number of hydrogen-bond donors (Lipinski definition) is 1. The minimum atomic E-state index is -0.161. The fraction of sp³-hybridized carbons (Fsp3) is 0.455. The Labute approximate surface area is 103 Å². The van der Waals surface area contributed by atoms with Gasteiger partial charge < -0.3 is 5.32 Å². The van der Waals surface area contributed by atoms with E-state index in [2.05, 4.69) is 32.8 Å². The van der Waals surface area contributed by atoms with Gasteiger partial charge in [0.1, 0.15) is 5.82 Å². The summed E-state index contributed by atoms with van der Waals surface area (Å²) in [6.45, 7) is 4.07. The van der Waals surface area contributed by atoms with E-state index in [-0.39, 0.29) is 5.82 Å². The van der Waals surface area contributed by atoms with Crippen molar-refractivity contribution in [3.05, 3.63) is 35.6 Å². The topological polar surface area (TPSA) is 15.3 Å². The van der Waals surface area contributed by atoms with Crippen LogP contribution in [0.3, 0.4) is 0 Å². The van der Waals surface area contributed by atoms with Crippen LogP contribution in [0.2, 0.25) is 0 Å². The van der Waals surface area contributed by atoms with Crippen molar-refractivity contribution in [2.75, 3.05) is 19.6 Å². The third-order valence-corrected chi connectivity index (χ3v) is 3.37. The molecular weight excluding hydrogens is 306 g/mol. The molecule has 0 aliphatic carbocycles. The quantitative estimate of drug-likeness (QED) is 0.509. The molecule has 1 N–H and O–H groups in total. The molecule has 82 valence electrons. The van der Waals surface area contributed by atoms with Gasteiger partial charge in [-0.1, -0.05) is 34.7 Å². The summed E-state index contributed by atoms with van der Waals surface area (Å²) in [6.07, 6.45) is 0. The molecule has 2 nitrogen and oxygen atoms in total. The standard InChI is InChI=1S/C11H14FIN2/c12-10-3-1-9(2-4-10)7-15-6-5-14-11(13)8-15/h1-4,11,14H,5-8H2/t11-/m0/s1. The Morgan fingerprint density at radius 3 is 2.80 bits per heavy atom. The summed E-state index contributed by atoms with van der Waals surface area (Å²) in [6, 6.07) is 6.78. The lowest BCUT2D eigenvalue weighted by molar-refractivity contribution is 0.227. The SMILES string of the molecule is Fc1ccc(CN2CCN[C@H](I)C2)cc1. The molecule has 1 aromatic rings. The zero-order valence-electron chi connectivity index (χ0n) is 8.42. The minimum absolute atomic E-state index is 0.161. The van der Waals surface area contributed by atoms with Crippen molar-refractivity contribution in [2.45, 2.75) is 10.6 Å². The van der Waals surface area contributed by atoms with Gasteiger partial charge in [-0.15, -0.1) is 0 Å². The van der Waals surface area contributed by atoms with Gasteiger partial charge in [0.15, 0.2) is 0 Å². The number of piperazine rings is 1. The van der Waals surface area contributed by atoms with E-state index in [1.807, 2.05) is 12.1 Å². The van der Waals surface area contributed by atoms with Gasteiger partial charge in [-0.05, 0) is 17.7 Å². The summed E-state index contributed by atoms with van der Waals surface area (Å²) >= 11 is 2.41. The van der Waals surface area contributed by atoms with Crippen LogP contribution in [-0.2, 0) is 6.54 Å². The molecule has 0 unspecified atom stereocenters. The van der Waals surface area contributed by atoms with Crippen LogP contribution in [0.25, 0.3) is 0 Å². The fourth-order valence-corrected chi connectivity index (χ4v) is 2.62. The minimum Gasteiger partial charge on any atom is -0.303 e. The van der Waals surface area contributed by atoms with E-state index in [1.54, 1.807) is 0 Å². The number of halogens is 2. The predicted octanol–water partition coefficient (Wildman–Crippen LogP) is 1.99. The molecule has 0 radical (unpaired) electrons. The van der Waals surface area contributed by atoms with E-state index in [0.717, 1.165) is 26.2 Å². The molecule has 1 saturated heterocycles. The van der Waals surface area contributed by atoms with E-state index in [4.69, 9.17) is 0 Å². The van der Waals surface area contributed by atoms with Crippen LogP contribution in [0.1, 0.15) is 5.56 Å². The van der Waals surface area contributed by atoms with Crippen molar-refractivity contribution >= 4 is 22.6 Å². The van der Waals surface area contributed by atoms with Crippen LogP contribution in [0, 0.1) is 5.82 Å². The van der Waals surface area contributed by atoms with Crippen molar-refractivity contribution in [3.63, 3.8) is 0 Å². The highest BCUT2D eigenvalue weighted by Gasteiger charge is 2.16. The Morgan fingerprint density at radius 2 is 2.13 bits per heavy atom. The highest BCUT2D eigenvalue weighted by molar-refractivity contribution is 14.1. The van der Waals surface area contributed by atoms with Gasteiger partial charge >= 0.3 is 0 Å². The van der Waals surface area contributed by atoms with Gasteiger partial charge in [0, 0.05) is 26.2 Å². The highest BCUT2D eigenvalue weighted by Crippen LogP contribution is 2.11. The van der Waals surface area contributed by atoms with Crippen molar-refractivity contribution in [1.29, 1.82) is 0 Å². The van der Waals surface area contributed by atoms with Crippen LogP contribution >= 0.6 is 22.6 Å². The number of hydrogen-bond acceptors (Lipinski definition) is 2. The van der Waals surface area contributed by atoms with Crippen LogP contribution in [-0.4, -0.2) is 28.6 Å². The van der Waals surface area contributed by atoms with Crippen molar-refractivity contribution < 1.29 is 4.39 Å². The normalized spacial score (nSPS) is 22.9. The lowest BCUT2D eigenvalue weighted by Gasteiger charge is -2.30. The second kappa shape index (κ2) is 5.23. The summed E-state index contributed by atoms with van der Waals surface area (Å²) in [5.41, 5.74) is 1.18. The molecule has 1 atom stereocenters. The number of benzene rings is 1. The maximum absolute atomic E-state index is 12.7. The molecule has 0 bridgehead atoms. The molecule has 1 aliphatic heterocycles. The molecule has 1 fully saturated rings. The van der Waals surface area contributed by atoms with Gasteiger partial charge in [0.05, 0.1) is 4.05 Å². The average Bonchev–Trinajstić information content (AvgIpc) is 2.22. The Bertz CT molecular complexity index is 315. The first-order valence-electron chi connectivity index (χ1n) is 5.08. The second-order valence-corrected chi connectivity index (χ2v) is 5.29. The smallest absolute Gasteiger partial charge is 0.123 e. The molecule has 1 heterocycles. The molecule has 1 aliphatic rings. The summed E-state index contributed by atoms with van der Waals surface area (Å²) in [7, 11) is 0. The summed E-state index contributed by atoms with van der Waals surface area (Å²) in [5, 5.41) is 3.39. The summed E-state index contributed by atoms with van der Waals surface area (Å²) in [5.74, 6) is -0.161. The molecule has 0 aromatic heterocycles. The number of nitrogens with one attached hydrogen (secondary N) is 1. The maximum atomic E-state index is 12.7. The van der Waals surface area contributed by atoms with Crippen molar-refractivity contribution in [1.82, 2.24) is 10.2 Å². The molecule has 2 rings (SSSR count). The monoisotopic (exact) mass is 320 g/mol. The van der Waals surface area contributed by atoms with Crippen LogP contribution in [0.5, 0.6) is 0 Å². The van der Waals surface area contributed by atoms with Crippen LogP contribution < -0.4 is 5.32 Å². The molecular formula is C11H14FIN2. The highest BCUT2D eigenvalue weighted by atomic mass is 127. The zero-order valence-corrected chi connectivity index (χ0v) is 10.6. The van der Waals surface area contributed by atoms with Crippen LogP contribution in [0.15, 0.2) is 24.3 Å². The number of alkyl halides is 1. The van der Waals surface area contributed by atoms with E-state index in [0.29, 0.717) is 4.05 Å². The van der Waals surface area contributed by atoms with Crippen molar-refractivity contribution in [3.8, 4) is 0 Å². The molecule has 15 heavy (non-hydrogen) atoms. The second-order valence-electron chi connectivity index (χ2n) is 3.78. The number of rotatable bonds is 2. The lowest BCUT2D eigenvalue weighted by Crippen LogP contribution is -2.47. The zero-order chi connectivity index (χ0) is 10.7. The third kappa shape index (κ3) is 3.39. The van der Waals surface area contributed by atoms with E-state index in [1.165, 1.54) is 17.7 Å². The van der Waals surface area contributed by atoms with E-state index >= 15 is 0 Å². The summed E-state index contributed by atoms with van der Waals surface area (Å²) < 4.78 is 13.2. The van der Waals surface area contributed by atoms with Gasteiger partial charge in [0.2, 0.25) is 0 Å². The molecule has 0 spiro atoms. The molecule has 1 aromatic carbocycles. The van der Waals surface area contributed by atoms with E-state index in [9.17, 15) is 4.39 Å². The Hall–Kier alpha value is -0.200. The first kappa shape index (κ1) is 11.3. The van der Waals surface area contributed by atoms with Gasteiger partial charge in [0.25, 0.3) is 0 Å². The average molecular weight is 320 g/mol. The van der Waals surface area contributed by atoms with Gasteiger partial charge in [-0.3, -0.25) is 4.90 Å². The van der Waals surface area contributed by atoms with Crippen molar-refractivity contribution in [2.24, 2.45) is 0 Å². The van der Waals surface area contributed by atoms with Gasteiger partial charge in [-0.25, -0.2) is 4.39 Å². The summed E-state index contributed by atoms with van der Waals surface area (Å²) in [4.78, 5) is 2.39. The van der Waals surface area contributed by atoms with Crippen LogP contribution in [0.4, 0.5) is 4.39 Å². The predicted molar refractivity (Wildman–Crippen MR) is 67.5 cm³/mol. The molecule has 0 amide bonds. The third-order valence-electron chi connectivity index (χ3n) is 2.53. The van der Waals surface area contributed by atoms with Gasteiger partial charge in [-0.2, -0.15) is 0 Å². The first-order chi connectivity index (χ1) is 7.24. The molecule has 0 saturated carbocycles. The Balaban J connectivity index is 1.93. The fourth-order valence-electron chi connectivity index (χ4n) is 1.75.